The number of aryl methyl sites for hydroxylation is 1. The Kier molecular flexibility index (Phi) is 2.82. The lowest BCUT2D eigenvalue weighted by Crippen LogP contribution is -2.13. The normalized spacial score (nSPS) is 20.5. The fraction of sp³-hybridized carbons (Fsp3) is 0.500. The Bertz CT molecular complexity index is 357. The third-order valence-electron chi connectivity index (χ3n) is 2.97. The highest BCUT2D eigenvalue weighted by Gasteiger charge is 2.21. The highest BCUT2D eigenvalue weighted by Crippen LogP contribution is 2.35. The lowest BCUT2D eigenvalue weighted by molar-refractivity contribution is 0.407. The van der Waals surface area contributed by atoms with Gasteiger partial charge in [0.25, 0.3) is 0 Å². The smallest absolute Gasteiger partial charge is 0.123 e. The molecule has 1 fully saturated rings. The van der Waals surface area contributed by atoms with E-state index in [0.717, 1.165) is 29.8 Å². The second-order valence-corrected chi connectivity index (χ2v) is 4.03. The first-order valence-corrected chi connectivity index (χ1v) is 5.33. The van der Waals surface area contributed by atoms with Gasteiger partial charge in [-0.05, 0) is 44.0 Å². The molecule has 3 nitrogen and oxygen atoms in total. The summed E-state index contributed by atoms with van der Waals surface area (Å²) in [5, 5.41) is 13.4. The molecular weight excluding hydrogens is 190 g/mol. The number of ether oxygens (including phenoxy) is 1. The molecule has 0 radical (unpaired) electrons. The summed E-state index contributed by atoms with van der Waals surface area (Å²) in [7, 11) is 1.65. The van der Waals surface area contributed by atoms with Crippen molar-refractivity contribution < 1.29 is 9.84 Å². The van der Waals surface area contributed by atoms with Crippen molar-refractivity contribution >= 4 is 0 Å². The van der Waals surface area contributed by atoms with Gasteiger partial charge in [0, 0.05) is 11.6 Å². The van der Waals surface area contributed by atoms with Crippen molar-refractivity contribution in [1.82, 2.24) is 5.32 Å². The minimum absolute atomic E-state index is 0.277. The van der Waals surface area contributed by atoms with E-state index in [1.165, 1.54) is 6.42 Å². The van der Waals surface area contributed by atoms with Crippen LogP contribution in [-0.2, 0) is 0 Å². The second kappa shape index (κ2) is 4.11. The van der Waals surface area contributed by atoms with E-state index < -0.39 is 0 Å². The number of benzene rings is 1. The van der Waals surface area contributed by atoms with E-state index in [-0.39, 0.29) is 6.04 Å². The number of phenols is 1. The van der Waals surface area contributed by atoms with Gasteiger partial charge in [0.2, 0.25) is 0 Å². The van der Waals surface area contributed by atoms with Gasteiger partial charge in [-0.1, -0.05) is 0 Å². The van der Waals surface area contributed by atoms with Crippen LogP contribution >= 0.6 is 0 Å². The maximum Gasteiger partial charge on any atom is 0.123 e. The molecule has 0 bridgehead atoms. The minimum Gasteiger partial charge on any atom is -0.507 e. The molecule has 0 spiro atoms. The molecule has 1 aliphatic heterocycles. The van der Waals surface area contributed by atoms with E-state index in [2.05, 4.69) is 5.32 Å². The first-order chi connectivity index (χ1) is 7.22. The molecule has 0 aliphatic carbocycles. The van der Waals surface area contributed by atoms with Crippen LogP contribution in [0, 0.1) is 6.92 Å². The average molecular weight is 207 g/mol. The van der Waals surface area contributed by atoms with Gasteiger partial charge in [-0.3, -0.25) is 0 Å². The summed E-state index contributed by atoms with van der Waals surface area (Å²) in [6.45, 7) is 2.93. The molecule has 0 aromatic heterocycles. The predicted molar refractivity (Wildman–Crippen MR) is 59.4 cm³/mol. The van der Waals surface area contributed by atoms with Gasteiger partial charge in [0.15, 0.2) is 0 Å². The van der Waals surface area contributed by atoms with Crippen LogP contribution in [0.2, 0.25) is 0 Å². The van der Waals surface area contributed by atoms with Crippen molar-refractivity contribution in [3.05, 3.63) is 23.3 Å². The zero-order chi connectivity index (χ0) is 10.8. The average Bonchev–Trinajstić information content (AvgIpc) is 2.75. The Morgan fingerprint density at radius 3 is 2.87 bits per heavy atom. The van der Waals surface area contributed by atoms with Crippen molar-refractivity contribution in [1.29, 1.82) is 0 Å². The Morgan fingerprint density at radius 1 is 1.47 bits per heavy atom. The van der Waals surface area contributed by atoms with E-state index in [9.17, 15) is 5.11 Å². The molecule has 1 atom stereocenters. The topological polar surface area (TPSA) is 41.5 Å². The van der Waals surface area contributed by atoms with Crippen LogP contribution < -0.4 is 10.1 Å². The number of aromatic hydroxyl groups is 1. The molecule has 1 heterocycles. The van der Waals surface area contributed by atoms with E-state index >= 15 is 0 Å². The van der Waals surface area contributed by atoms with Gasteiger partial charge in [0.05, 0.1) is 7.11 Å². The number of nitrogens with one attached hydrogen (secondary N) is 1. The summed E-state index contributed by atoms with van der Waals surface area (Å²) >= 11 is 0. The Hall–Kier alpha value is -1.22. The maximum absolute atomic E-state index is 9.98. The minimum atomic E-state index is 0.277. The zero-order valence-electron chi connectivity index (χ0n) is 9.21. The fourth-order valence-corrected chi connectivity index (χ4v) is 2.11. The predicted octanol–water partition coefficient (Wildman–Crippen LogP) is 2.13. The molecule has 2 N–H and O–H groups in total. The van der Waals surface area contributed by atoms with Crippen LogP contribution in [0.5, 0.6) is 11.5 Å². The first-order valence-electron chi connectivity index (χ1n) is 5.33. The SMILES string of the molecule is COc1cc(C)c(O)c(C2CCCN2)c1. The van der Waals surface area contributed by atoms with Crippen molar-refractivity contribution in [2.45, 2.75) is 25.8 Å². The van der Waals surface area contributed by atoms with Gasteiger partial charge in [-0.25, -0.2) is 0 Å². The van der Waals surface area contributed by atoms with E-state index in [1.54, 1.807) is 7.11 Å². The third kappa shape index (κ3) is 1.92. The third-order valence-corrected chi connectivity index (χ3v) is 2.97. The van der Waals surface area contributed by atoms with E-state index in [0.29, 0.717) is 5.75 Å². The molecular formula is C12H17NO2. The van der Waals surface area contributed by atoms with Crippen molar-refractivity contribution in [3.63, 3.8) is 0 Å². The van der Waals surface area contributed by atoms with Crippen LogP contribution in [0.3, 0.4) is 0 Å². The molecule has 1 aliphatic rings. The highest BCUT2D eigenvalue weighted by molar-refractivity contribution is 5.47. The second-order valence-electron chi connectivity index (χ2n) is 4.03. The van der Waals surface area contributed by atoms with Gasteiger partial charge >= 0.3 is 0 Å². The van der Waals surface area contributed by atoms with Crippen molar-refractivity contribution in [2.24, 2.45) is 0 Å². The molecule has 2 rings (SSSR count). The quantitative estimate of drug-likeness (QED) is 0.780. The van der Waals surface area contributed by atoms with Crippen LogP contribution in [0.15, 0.2) is 12.1 Å². The zero-order valence-corrected chi connectivity index (χ0v) is 9.21. The van der Waals surface area contributed by atoms with Crippen molar-refractivity contribution in [2.75, 3.05) is 13.7 Å². The number of hydrogen-bond acceptors (Lipinski definition) is 3. The summed E-state index contributed by atoms with van der Waals surface area (Å²) in [5.74, 6) is 1.21. The van der Waals surface area contributed by atoms with Gasteiger partial charge in [-0.2, -0.15) is 0 Å². The molecule has 1 saturated heterocycles. The first kappa shape index (κ1) is 10.3. The van der Waals surface area contributed by atoms with Crippen LogP contribution in [0.25, 0.3) is 0 Å². The standard InChI is InChI=1S/C12H17NO2/c1-8-6-9(15-2)7-10(12(8)14)11-4-3-5-13-11/h6-7,11,13-14H,3-5H2,1-2H3. The molecule has 3 heteroatoms. The molecule has 82 valence electrons. The van der Waals surface area contributed by atoms with Crippen LogP contribution in [-0.4, -0.2) is 18.8 Å². The highest BCUT2D eigenvalue weighted by atomic mass is 16.5. The molecule has 15 heavy (non-hydrogen) atoms. The lowest BCUT2D eigenvalue weighted by atomic mass is 10.0. The maximum atomic E-state index is 9.98. The van der Waals surface area contributed by atoms with E-state index in [1.807, 2.05) is 19.1 Å². The summed E-state index contributed by atoms with van der Waals surface area (Å²) in [6.07, 6.45) is 2.25. The molecule has 1 aromatic carbocycles. The number of rotatable bonds is 2. The number of phenolic OH excluding ortho intramolecular Hbond substituents is 1. The monoisotopic (exact) mass is 207 g/mol. The summed E-state index contributed by atoms with van der Waals surface area (Å²) in [4.78, 5) is 0. The van der Waals surface area contributed by atoms with Crippen molar-refractivity contribution in [3.8, 4) is 11.5 Å². The molecule has 0 amide bonds. The van der Waals surface area contributed by atoms with Gasteiger partial charge < -0.3 is 15.2 Å². The van der Waals surface area contributed by atoms with Gasteiger partial charge in [-0.15, -0.1) is 0 Å². The summed E-state index contributed by atoms with van der Waals surface area (Å²) < 4.78 is 5.21. The number of methoxy groups -OCH3 is 1. The molecule has 1 unspecified atom stereocenters. The number of hydrogen-bond donors (Lipinski definition) is 2. The van der Waals surface area contributed by atoms with Crippen LogP contribution in [0.4, 0.5) is 0 Å². The van der Waals surface area contributed by atoms with E-state index in [4.69, 9.17) is 4.74 Å². The van der Waals surface area contributed by atoms with Gasteiger partial charge in [0.1, 0.15) is 11.5 Å². The largest absolute Gasteiger partial charge is 0.507 e. The molecule has 1 aromatic rings. The Morgan fingerprint density at radius 2 is 2.27 bits per heavy atom. The molecule has 0 saturated carbocycles. The Balaban J connectivity index is 2.39. The summed E-state index contributed by atoms with van der Waals surface area (Å²) in [6, 6.07) is 4.05. The Labute approximate surface area is 90.1 Å². The lowest BCUT2D eigenvalue weighted by Gasteiger charge is -2.15. The van der Waals surface area contributed by atoms with Crippen LogP contribution in [0.1, 0.15) is 30.0 Å². The summed E-state index contributed by atoms with van der Waals surface area (Å²) in [5.41, 5.74) is 1.84. The fourth-order valence-electron chi connectivity index (χ4n) is 2.11.